The van der Waals surface area contributed by atoms with E-state index >= 15 is 0 Å². The molecule has 0 amide bonds. The number of hydrogen-bond acceptors (Lipinski definition) is 2. The maximum Gasteiger partial charge on any atom is 0.0512 e. The molecule has 0 saturated carbocycles. The lowest BCUT2D eigenvalue weighted by Crippen LogP contribution is -2.28. The summed E-state index contributed by atoms with van der Waals surface area (Å²) in [7, 11) is 0. The Bertz CT molecular complexity index is 578. The Morgan fingerprint density at radius 2 is 1.95 bits per heavy atom. The topological polar surface area (TPSA) is 35.2 Å². The standard InChI is InChI=1S/C16H18BrNO/c17-15-6-5-11-8-13(4-3-12(11)9-15)16(18)14-2-1-7-19-10-14/h3-6,8-9,14,16H,1-2,7,10,18H2. The van der Waals surface area contributed by atoms with Gasteiger partial charge in [0.1, 0.15) is 0 Å². The van der Waals surface area contributed by atoms with Crippen molar-refractivity contribution in [1.82, 2.24) is 0 Å². The summed E-state index contributed by atoms with van der Waals surface area (Å²) in [5.41, 5.74) is 7.61. The molecule has 2 atom stereocenters. The van der Waals surface area contributed by atoms with Crippen molar-refractivity contribution in [2.24, 2.45) is 11.7 Å². The minimum atomic E-state index is 0.0772. The van der Waals surface area contributed by atoms with Crippen LogP contribution in [0.2, 0.25) is 0 Å². The SMILES string of the molecule is NC(c1ccc2cc(Br)ccc2c1)C1CCCOC1. The first kappa shape index (κ1) is 13.1. The smallest absolute Gasteiger partial charge is 0.0512 e. The van der Waals surface area contributed by atoms with Gasteiger partial charge < -0.3 is 10.5 Å². The minimum Gasteiger partial charge on any atom is -0.381 e. The van der Waals surface area contributed by atoms with E-state index < -0.39 is 0 Å². The molecule has 1 fully saturated rings. The van der Waals surface area contributed by atoms with E-state index in [-0.39, 0.29) is 6.04 Å². The highest BCUT2D eigenvalue weighted by atomic mass is 79.9. The molecule has 0 bridgehead atoms. The van der Waals surface area contributed by atoms with Crippen LogP contribution in [-0.4, -0.2) is 13.2 Å². The predicted molar refractivity (Wildman–Crippen MR) is 82.1 cm³/mol. The molecule has 3 heteroatoms. The van der Waals surface area contributed by atoms with Gasteiger partial charge in [0.25, 0.3) is 0 Å². The van der Waals surface area contributed by atoms with E-state index in [2.05, 4.69) is 52.3 Å². The van der Waals surface area contributed by atoms with Crippen molar-refractivity contribution in [1.29, 1.82) is 0 Å². The maximum absolute atomic E-state index is 6.40. The van der Waals surface area contributed by atoms with Gasteiger partial charge in [-0.05, 0) is 47.4 Å². The van der Waals surface area contributed by atoms with Gasteiger partial charge in [0.05, 0.1) is 6.61 Å². The second-order valence-electron chi connectivity index (χ2n) is 5.25. The number of rotatable bonds is 2. The summed E-state index contributed by atoms with van der Waals surface area (Å²) in [6.07, 6.45) is 2.29. The molecule has 2 unspecified atom stereocenters. The van der Waals surface area contributed by atoms with E-state index in [1.807, 2.05) is 0 Å². The van der Waals surface area contributed by atoms with Crippen molar-refractivity contribution in [2.45, 2.75) is 18.9 Å². The highest BCUT2D eigenvalue weighted by Crippen LogP contribution is 2.29. The average molecular weight is 320 g/mol. The van der Waals surface area contributed by atoms with E-state index in [0.29, 0.717) is 5.92 Å². The van der Waals surface area contributed by atoms with Gasteiger partial charge in [-0.25, -0.2) is 0 Å². The van der Waals surface area contributed by atoms with Crippen LogP contribution in [0, 0.1) is 5.92 Å². The molecule has 0 spiro atoms. The Balaban J connectivity index is 1.89. The summed E-state index contributed by atoms with van der Waals surface area (Å²) >= 11 is 3.50. The Morgan fingerprint density at radius 3 is 2.74 bits per heavy atom. The first-order valence-electron chi connectivity index (χ1n) is 6.76. The lowest BCUT2D eigenvalue weighted by Gasteiger charge is -2.28. The van der Waals surface area contributed by atoms with E-state index in [1.165, 1.54) is 22.8 Å². The summed E-state index contributed by atoms with van der Waals surface area (Å²) in [4.78, 5) is 0. The van der Waals surface area contributed by atoms with Crippen molar-refractivity contribution in [2.75, 3.05) is 13.2 Å². The average Bonchev–Trinajstić information content (AvgIpc) is 2.47. The van der Waals surface area contributed by atoms with Gasteiger partial charge >= 0.3 is 0 Å². The molecular weight excluding hydrogens is 302 g/mol. The first-order valence-corrected chi connectivity index (χ1v) is 7.56. The van der Waals surface area contributed by atoms with Crippen LogP contribution in [0.15, 0.2) is 40.9 Å². The zero-order valence-corrected chi connectivity index (χ0v) is 12.4. The van der Waals surface area contributed by atoms with Crippen LogP contribution in [-0.2, 0) is 4.74 Å². The third-order valence-corrected chi connectivity index (χ3v) is 4.41. The molecule has 1 aliphatic heterocycles. The third kappa shape index (κ3) is 2.83. The molecule has 0 aliphatic carbocycles. The van der Waals surface area contributed by atoms with Crippen molar-refractivity contribution in [3.63, 3.8) is 0 Å². The normalized spacial score (nSPS) is 21.5. The monoisotopic (exact) mass is 319 g/mol. The Hall–Kier alpha value is -0.900. The number of hydrogen-bond donors (Lipinski definition) is 1. The first-order chi connectivity index (χ1) is 9.24. The van der Waals surface area contributed by atoms with Crippen molar-refractivity contribution >= 4 is 26.7 Å². The van der Waals surface area contributed by atoms with Crippen molar-refractivity contribution in [3.8, 4) is 0 Å². The molecule has 1 aliphatic rings. The molecule has 1 saturated heterocycles. The van der Waals surface area contributed by atoms with Crippen LogP contribution in [0.4, 0.5) is 0 Å². The molecule has 100 valence electrons. The second-order valence-corrected chi connectivity index (χ2v) is 6.17. The molecule has 2 N–H and O–H groups in total. The number of benzene rings is 2. The largest absolute Gasteiger partial charge is 0.381 e. The highest BCUT2D eigenvalue weighted by molar-refractivity contribution is 9.10. The molecule has 2 aromatic carbocycles. The van der Waals surface area contributed by atoms with Crippen LogP contribution in [0.5, 0.6) is 0 Å². The Kier molecular flexibility index (Phi) is 3.87. The van der Waals surface area contributed by atoms with Gasteiger partial charge in [0, 0.05) is 23.0 Å². The van der Waals surface area contributed by atoms with E-state index in [1.54, 1.807) is 0 Å². The quantitative estimate of drug-likeness (QED) is 0.907. The third-order valence-electron chi connectivity index (χ3n) is 3.91. The summed E-state index contributed by atoms with van der Waals surface area (Å²) < 4.78 is 6.65. The van der Waals surface area contributed by atoms with Gasteiger partial charge in [0.2, 0.25) is 0 Å². The van der Waals surface area contributed by atoms with Gasteiger partial charge in [-0.1, -0.05) is 34.1 Å². The molecular formula is C16H18BrNO. The van der Waals surface area contributed by atoms with Crippen molar-refractivity contribution in [3.05, 3.63) is 46.4 Å². The van der Waals surface area contributed by atoms with Crippen LogP contribution in [0.25, 0.3) is 10.8 Å². The maximum atomic E-state index is 6.40. The summed E-state index contributed by atoms with van der Waals surface area (Å²) in [5.74, 6) is 0.446. The van der Waals surface area contributed by atoms with Crippen LogP contribution < -0.4 is 5.73 Å². The van der Waals surface area contributed by atoms with Gasteiger partial charge in [0.15, 0.2) is 0 Å². The molecule has 0 radical (unpaired) electrons. The fraction of sp³-hybridized carbons (Fsp3) is 0.375. The molecule has 3 rings (SSSR count). The zero-order chi connectivity index (χ0) is 13.2. The summed E-state index contributed by atoms with van der Waals surface area (Å²) in [6, 6.07) is 12.9. The number of ether oxygens (including phenoxy) is 1. The fourth-order valence-electron chi connectivity index (χ4n) is 2.76. The van der Waals surface area contributed by atoms with Crippen molar-refractivity contribution < 1.29 is 4.74 Å². The van der Waals surface area contributed by atoms with Crippen LogP contribution in [0.1, 0.15) is 24.4 Å². The number of nitrogens with two attached hydrogens (primary N) is 1. The van der Waals surface area contributed by atoms with E-state index in [0.717, 1.165) is 24.1 Å². The van der Waals surface area contributed by atoms with Crippen LogP contribution >= 0.6 is 15.9 Å². The fourth-order valence-corrected chi connectivity index (χ4v) is 3.14. The number of halogens is 1. The predicted octanol–water partition coefficient (Wildman–Crippen LogP) is 4.03. The lowest BCUT2D eigenvalue weighted by atomic mass is 9.88. The molecule has 1 heterocycles. The van der Waals surface area contributed by atoms with Gasteiger partial charge in [-0.15, -0.1) is 0 Å². The highest BCUT2D eigenvalue weighted by Gasteiger charge is 2.22. The minimum absolute atomic E-state index is 0.0772. The second kappa shape index (κ2) is 5.61. The molecule has 2 nitrogen and oxygen atoms in total. The molecule has 2 aromatic rings. The number of fused-ring (bicyclic) bond motifs is 1. The van der Waals surface area contributed by atoms with Gasteiger partial charge in [-0.3, -0.25) is 0 Å². The Labute approximate surface area is 122 Å². The summed E-state index contributed by atoms with van der Waals surface area (Å²) in [6.45, 7) is 1.68. The van der Waals surface area contributed by atoms with Crippen LogP contribution in [0.3, 0.4) is 0 Å². The molecule has 19 heavy (non-hydrogen) atoms. The van der Waals surface area contributed by atoms with E-state index in [9.17, 15) is 0 Å². The summed E-state index contributed by atoms with van der Waals surface area (Å²) in [5, 5.41) is 2.48. The zero-order valence-electron chi connectivity index (χ0n) is 10.8. The lowest BCUT2D eigenvalue weighted by molar-refractivity contribution is 0.0448. The van der Waals surface area contributed by atoms with E-state index in [4.69, 9.17) is 10.5 Å². The molecule has 0 aromatic heterocycles. The van der Waals surface area contributed by atoms with Gasteiger partial charge in [-0.2, -0.15) is 0 Å². The Morgan fingerprint density at radius 1 is 1.16 bits per heavy atom.